The van der Waals surface area contributed by atoms with Crippen LogP contribution in [0.15, 0.2) is 48.5 Å². The molecule has 8 heteroatoms. The first-order valence-electron chi connectivity index (χ1n) is 10.4. The second-order valence-corrected chi connectivity index (χ2v) is 7.58. The highest BCUT2D eigenvalue weighted by atomic mass is 16.5. The molecule has 1 aliphatic heterocycles. The second kappa shape index (κ2) is 12.7. The largest absolute Gasteiger partial charge is 0.391 e. The number of morpholine rings is 1. The molecule has 0 spiro atoms. The molecule has 2 aromatic rings. The Kier molecular flexibility index (Phi) is 10.0. The van der Waals surface area contributed by atoms with Gasteiger partial charge in [0, 0.05) is 36.3 Å². The molecule has 2 amide bonds. The summed E-state index contributed by atoms with van der Waals surface area (Å²) < 4.78 is 5.37. The van der Waals surface area contributed by atoms with Crippen molar-refractivity contribution in [3.8, 4) is 11.8 Å². The number of hydrogen-bond acceptors (Lipinski definition) is 6. The molecule has 3 rings (SSSR count). The summed E-state index contributed by atoms with van der Waals surface area (Å²) in [5, 5.41) is 20.7. The molecule has 0 bridgehead atoms. The molecule has 1 heterocycles. The first kappa shape index (κ1) is 26.0. The molecule has 8 nitrogen and oxygen atoms in total. The lowest BCUT2D eigenvalue weighted by Gasteiger charge is -2.26. The summed E-state index contributed by atoms with van der Waals surface area (Å²) in [4.78, 5) is 26.2. The predicted octanol–water partition coefficient (Wildman–Crippen LogP) is 1.54. The van der Waals surface area contributed by atoms with Gasteiger partial charge in [0.1, 0.15) is 6.04 Å². The zero-order valence-electron chi connectivity index (χ0n) is 17.9. The Morgan fingerprint density at radius 1 is 1.03 bits per heavy atom. The summed E-state index contributed by atoms with van der Waals surface area (Å²) in [6.45, 7) is 5.70. The molecule has 0 saturated carbocycles. The van der Waals surface area contributed by atoms with E-state index in [1.54, 1.807) is 24.3 Å². The highest BCUT2D eigenvalue weighted by molar-refractivity contribution is 5.97. The van der Waals surface area contributed by atoms with Gasteiger partial charge in [0.05, 0.1) is 19.3 Å². The quantitative estimate of drug-likeness (QED) is 0.300. The van der Waals surface area contributed by atoms with Crippen molar-refractivity contribution in [2.45, 2.75) is 33.0 Å². The Hall–Kier alpha value is -3.22. The summed E-state index contributed by atoms with van der Waals surface area (Å²) in [6.07, 6.45) is -1.17. The minimum atomic E-state index is -1.27. The third-order valence-electron chi connectivity index (χ3n) is 5.12. The van der Waals surface area contributed by atoms with E-state index in [0.717, 1.165) is 44.0 Å². The molecule has 2 aromatic carbocycles. The number of benzene rings is 2. The van der Waals surface area contributed by atoms with E-state index in [0.29, 0.717) is 5.56 Å². The summed E-state index contributed by atoms with van der Waals surface area (Å²) in [5.41, 5.74) is 4.60. The molecule has 176 valence electrons. The Bertz CT molecular complexity index is 972. The van der Waals surface area contributed by atoms with Crippen LogP contribution in [0.1, 0.15) is 41.4 Å². The average molecular weight is 454 g/mol. The van der Waals surface area contributed by atoms with Gasteiger partial charge in [-0.3, -0.25) is 19.7 Å². The predicted molar refractivity (Wildman–Crippen MR) is 125 cm³/mol. The molecule has 1 aliphatic rings. The van der Waals surface area contributed by atoms with E-state index < -0.39 is 24.0 Å². The van der Waals surface area contributed by atoms with Crippen LogP contribution in [-0.2, 0) is 16.1 Å². The SMILES string of the molecule is C.C[C@H](O)[C@H](NC(=O)c1ccc(C#Cc2ccc(CN3CCOCC3)cc2)cc1)C(=O)NO. The molecule has 4 N–H and O–H groups in total. The molecule has 33 heavy (non-hydrogen) atoms. The van der Waals surface area contributed by atoms with Crippen molar-refractivity contribution in [3.63, 3.8) is 0 Å². The zero-order valence-corrected chi connectivity index (χ0v) is 17.9. The van der Waals surface area contributed by atoms with Crippen LogP contribution in [0, 0.1) is 11.8 Å². The monoisotopic (exact) mass is 453 g/mol. The lowest BCUT2D eigenvalue weighted by Crippen LogP contribution is -2.51. The molecule has 0 radical (unpaired) electrons. The fourth-order valence-corrected chi connectivity index (χ4v) is 3.26. The standard InChI is InChI=1S/C24H27N3O5.CH4/c1-17(28)22(24(30)26-31)25-23(29)21-10-8-19(9-11-21)3-2-18-4-6-20(7-5-18)16-27-12-14-32-15-13-27;/h4-11,17,22,28,31H,12-16H2,1H3,(H,25,29)(H,26,30);1H4/t17-,22-;/m0./s1. The number of nitrogens with one attached hydrogen (secondary N) is 2. The summed E-state index contributed by atoms with van der Waals surface area (Å²) in [5.74, 6) is 4.74. The van der Waals surface area contributed by atoms with Crippen LogP contribution in [0.2, 0.25) is 0 Å². The van der Waals surface area contributed by atoms with Crippen molar-refractivity contribution in [2.75, 3.05) is 26.3 Å². The van der Waals surface area contributed by atoms with Gasteiger partial charge in [0.25, 0.3) is 11.8 Å². The van der Waals surface area contributed by atoms with Gasteiger partial charge in [-0.1, -0.05) is 31.4 Å². The lowest BCUT2D eigenvalue weighted by molar-refractivity contribution is -0.133. The Morgan fingerprint density at radius 3 is 2.09 bits per heavy atom. The van der Waals surface area contributed by atoms with Gasteiger partial charge >= 0.3 is 0 Å². The van der Waals surface area contributed by atoms with Crippen LogP contribution < -0.4 is 10.8 Å². The van der Waals surface area contributed by atoms with Crippen molar-refractivity contribution >= 4 is 11.8 Å². The van der Waals surface area contributed by atoms with E-state index >= 15 is 0 Å². The Labute approximate surface area is 194 Å². The van der Waals surface area contributed by atoms with Gasteiger partial charge in [0.15, 0.2) is 0 Å². The Morgan fingerprint density at radius 2 is 1.58 bits per heavy atom. The fraction of sp³-hybridized carbons (Fsp3) is 0.360. The molecule has 1 saturated heterocycles. The highest BCUT2D eigenvalue weighted by Crippen LogP contribution is 2.10. The van der Waals surface area contributed by atoms with Crippen molar-refractivity contribution in [1.82, 2.24) is 15.7 Å². The normalized spacial score (nSPS) is 15.2. The third kappa shape index (κ3) is 7.70. The maximum atomic E-state index is 12.3. The van der Waals surface area contributed by atoms with Crippen molar-refractivity contribution in [1.29, 1.82) is 0 Å². The van der Waals surface area contributed by atoms with Crippen LogP contribution in [0.3, 0.4) is 0 Å². The van der Waals surface area contributed by atoms with Crippen LogP contribution in [0.25, 0.3) is 0 Å². The number of hydrogen-bond donors (Lipinski definition) is 4. The van der Waals surface area contributed by atoms with Crippen molar-refractivity contribution in [3.05, 3.63) is 70.8 Å². The van der Waals surface area contributed by atoms with E-state index in [-0.39, 0.29) is 7.43 Å². The maximum Gasteiger partial charge on any atom is 0.268 e. The summed E-state index contributed by atoms with van der Waals surface area (Å²) in [6, 6.07) is 13.5. The minimum Gasteiger partial charge on any atom is -0.391 e. The molecule has 1 fully saturated rings. The van der Waals surface area contributed by atoms with Crippen molar-refractivity contribution in [2.24, 2.45) is 0 Å². The van der Waals surface area contributed by atoms with Crippen LogP contribution in [0.4, 0.5) is 0 Å². The number of nitrogens with zero attached hydrogens (tertiary/aromatic N) is 1. The van der Waals surface area contributed by atoms with E-state index in [1.807, 2.05) is 12.1 Å². The molecular weight excluding hydrogens is 422 g/mol. The molecule has 2 atom stereocenters. The average Bonchev–Trinajstić information content (AvgIpc) is 2.82. The topological polar surface area (TPSA) is 111 Å². The van der Waals surface area contributed by atoms with Crippen LogP contribution in [-0.4, -0.2) is 65.5 Å². The molecular formula is C25H31N3O5. The maximum absolute atomic E-state index is 12.3. The fourth-order valence-electron chi connectivity index (χ4n) is 3.26. The number of amides is 2. The van der Waals surface area contributed by atoms with E-state index in [9.17, 15) is 14.7 Å². The second-order valence-electron chi connectivity index (χ2n) is 7.58. The van der Waals surface area contributed by atoms with Crippen LogP contribution >= 0.6 is 0 Å². The highest BCUT2D eigenvalue weighted by Gasteiger charge is 2.25. The molecule has 0 unspecified atom stereocenters. The lowest BCUT2D eigenvalue weighted by atomic mass is 10.1. The minimum absolute atomic E-state index is 0. The molecule has 0 aromatic heterocycles. The number of rotatable bonds is 6. The first-order valence-corrected chi connectivity index (χ1v) is 10.4. The van der Waals surface area contributed by atoms with Gasteiger partial charge in [-0.2, -0.15) is 0 Å². The van der Waals surface area contributed by atoms with Gasteiger partial charge in [-0.25, -0.2) is 5.48 Å². The first-order chi connectivity index (χ1) is 15.5. The number of hydroxylamine groups is 1. The van der Waals surface area contributed by atoms with Gasteiger partial charge in [-0.15, -0.1) is 0 Å². The number of ether oxygens (including phenoxy) is 1. The van der Waals surface area contributed by atoms with E-state index in [2.05, 4.69) is 34.2 Å². The number of aliphatic hydroxyl groups is 1. The number of carbonyl (C=O) groups excluding carboxylic acids is 2. The van der Waals surface area contributed by atoms with Gasteiger partial charge in [-0.05, 0) is 48.9 Å². The summed E-state index contributed by atoms with van der Waals surface area (Å²) >= 11 is 0. The third-order valence-corrected chi connectivity index (χ3v) is 5.12. The molecule has 0 aliphatic carbocycles. The van der Waals surface area contributed by atoms with Crippen LogP contribution in [0.5, 0.6) is 0 Å². The Balaban J connectivity index is 0.00000385. The van der Waals surface area contributed by atoms with E-state index in [1.165, 1.54) is 18.0 Å². The number of carbonyl (C=O) groups is 2. The van der Waals surface area contributed by atoms with Gasteiger partial charge < -0.3 is 15.2 Å². The smallest absolute Gasteiger partial charge is 0.268 e. The van der Waals surface area contributed by atoms with Gasteiger partial charge in [0.2, 0.25) is 0 Å². The van der Waals surface area contributed by atoms with E-state index in [4.69, 9.17) is 9.94 Å². The summed E-state index contributed by atoms with van der Waals surface area (Å²) in [7, 11) is 0. The zero-order chi connectivity index (χ0) is 22.9. The number of aliphatic hydroxyl groups excluding tert-OH is 1. The van der Waals surface area contributed by atoms with Crippen molar-refractivity contribution < 1.29 is 24.6 Å².